The van der Waals surface area contributed by atoms with Crippen LogP contribution in [0, 0.1) is 0 Å². The lowest BCUT2D eigenvalue weighted by Gasteiger charge is -2.13. The fraction of sp³-hybridized carbons (Fsp3) is 0.143. The normalized spacial score (nSPS) is 11.7. The van der Waals surface area contributed by atoms with E-state index in [-0.39, 0.29) is 16.6 Å². The number of carbonyl (C=O) groups excluding carboxylic acids is 1. The zero-order chi connectivity index (χ0) is 15.4. The van der Waals surface area contributed by atoms with E-state index in [1.165, 1.54) is 24.5 Å². The van der Waals surface area contributed by atoms with Crippen LogP contribution in [0.4, 0.5) is 10.5 Å². The third-order valence-corrected chi connectivity index (χ3v) is 3.09. The second-order valence-corrected chi connectivity index (χ2v) is 4.74. The summed E-state index contributed by atoms with van der Waals surface area (Å²) in [6.07, 6.45) is 1.52. The van der Waals surface area contributed by atoms with E-state index in [4.69, 9.17) is 21.1 Å². The van der Waals surface area contributed by atoms with Gasteiger partial charge in [-0.15, -0.1) is 0 Å². The van der Waals surface area contributed by atoms with E-state index < -0.39 is 12.0 Å². The number of nitrogens with one attached hydrogen (secondary N) is 2. The molecular weight excluding hydrogens is 296 g/mol. The first-order valence-electron chi connectivity index (χ1n) is 6.11. The van der Waals surface area contributed by atoms with E-state index in [2.05, 4.69) is 10.6 Å². The van der Waals surface area contributed by atoms with Crippen molar-refractivity contribution in [2.24, 2.45) is 0 Å². The standard InChI is InChI=1S/C14H13ClN2O4/c1-8(12-3-2-6-21-12)16-14(20)17-11-5-4-9(13(18)19)7-10(11)15/h2-8H,1H3,(H,18,19)(H2,16,17,20). The van der Waals surface area contributed by atoms with Gasteiger partial charge in [0.25, 0.3) is 0 Å². The Morgan fingerprint density at radius 2 is 2.10 bits per heavy atom. The number of benzene rings is 1. The van der Waals surface area contributed by atoms with E-state index in [0.717, 1.165) is 0 Å². The molecule has 21 heavy (non-hydrogen) atoms. The third kappa shape index (κ3) is 3.76. The molecule has 2 aromatic rings. The predicted octanol–water partition coefficient (Wildman–Crippen LogP) is 3.51. The Morgan fingerprint density at radius 3 is 2.67 bits per heavy atom. The Labute approximate surface area is 125 Å². The predicted molar refractivity (Wildman–Crippen MR) is 77.7 cm³/mol. The summed E-state index contributed by atoms with van der Waals surface area (Å²) in [4.78, 5) is 22.6. The minimum Gasteiger partial charge on any atom is -0.478 e. The zero-order valence-electron chi connectivity index (χ0n) is 11.1. The van der Waals surface area contributed by atoms with Gasteiger partial charge in [-0.05, 0) is 37.3 Å². The molecule has 0 saturated carbocycles. The minimum absolute atomic E-state index is 0.0508. The smallest absolute Gasteiger partial charge is 0.335 e. The van der Waals surface area contributed by atoms with Crippen LogP contribution in [0.2, 0.25) is 5.02 Å². The summed E-state index contributed by atoms with van der Waals surface area (Å²) >= 11 is 5.93. The van der Waals surface area contributed by atoms with Gasteiger partial charge >= 0.3 is 12.0 Å². The Hall–Kier alpha value is -2.47. The third-order valence-electron chi connectivity index (χ3n) is 2.78. The number of aromatic carboxylic acids is 1. The SMILES string of the molecule is CC(NC(=O)Nc1ccc(C(=O)O)cc1Cl)c1ccco1. The highest BCUT2D eigenvalue weighted by Gasteiger charge is 2.13. The lowest BCUT2D eigenvalue weighted by atomic mass is 10.2. The molecule has 0 fully saturated rings. The van der Waals surface area contributed by atoms with Gasteiger partial charge in [0, 0.05) is 0 Å². The summed E-state index contributed by atoms with van der Waals surface area (Å²) < 4.78 is 5.18. The Balaban J connectivity index is 2.01. The topological polar surface area (TPSA) is 91.6 Å². The highest BCUT2D eigenvalue weighted by atomic mass is 35.5. The first-order valence-corrected chi connectivity index (χ1v) is 6.49. The van der Waals surface area contributed by atoms with Gasteiger partial charge in [-0.25, -0.2) is 9.59 Å². The van der Waals surface area contributed by atoms with Crippen LogP contribution in [0.15, 0.2) is 41.0 Å². The molecule has 0 radical (unpaired) electrons. The molecule has 110 valence electrons. The number of amides is 2. The maximum Gasteiger partial charge on any atom is 0.335 e. The summed E-state index contributed by atoms with van der Waals surface area (Å²) in [7, 11) is 0. The Bertz CT molecular complexity index is 655. The van der Waals surface area contributed by atoms with Crippen LogP contribution in [0.3, 0.4) is 0 Å². The van der Waals surface area contributed by atoms with Crippen LogP contribution in [0.1, 0.15) is 29.1 Å². The second kappa shape index (κ2) is 6.32. The number of urea groups is 1. The van der Waals surface area contributed by atoms with Gasteiger partial charge in [0.05, 0.1) is 28.6 Å². The highest BCUT2D eigenvalue weighted by Crippen LogP contribution is 2.23. The summed E-state index contributed by atoms with van der Waals surface area (Å²) in [5.74, 6) is -0.461. The maximum absolute atomic E-state index is 11.9. The molecule has 0 saturated heterocycles. The first kappa shape index (κ1) is 14.9. The van der Waals surface area contributed by atoms with Crippen LogP contribution in [0.25, 0.3) is 0 Å². The lowest BCUT2D eigenvalue weighted by molar-refractivity contribution is 0.0697. The van der Waals surface area contributed by atoms with Gasteiger partial charge in [0.1, 0.15) is 5.76 Å². The number of carboxylic acid groups (broad SMARTS) is 1. The molecule has 0 bridgehead atoms. The van der Waals surface area contributed by atoms with Crippen molar-refractivity contribution in [1.82, 2.24) is 5.32 Å². The molecule has 2 amide bonds. The summed E-state index contributed by atoms with van der Waals surface area (Å²) in [6.45, 7) is 1.77. The van der Waals surface area contributed by atoms with Crippen molar-refractivity contribution < 1.29 is 19.1 Å². The summed E-state index contributed by atoms with van der Waals surface area (Å²) in [5, 5.41) is 14.2. The Kier molecular flexibility index (Phi) is 4.49. The fourth-order valence-electron chi connectivity index (χ4n) is 1.71. The molecule has 7 heteroatoms. The van der Waals surface area contributed by atoms with Crippen molar-refractivity contribution in [1.29, 1.82) is 0 Å². The van der Waals surface area contributed by atoms with Gasteiger partial charge in [-0.3, -0.25) is 0 Å². The number of carbonyl (C=O) groups is 2. The maximum atomic E-state index is 11.9. The number of rotatable bonds is 4. The average molecular weight is 309 g/mol. The lowest BCUT2D eigenvalue weighted by Crippen LogP contribution is -2.31. The molecule has 1 heterocycles. The molecule has 1 unspecified atom stereocenters. The van der Waals surface area contributed by atoms with Crippen molar-refractivity contribution in [3.8, 4) is 0 Å². The minimum atomic E-state index is -1.08. The molecule has 1 atom stereocenters. The van der Waals surface area contributed by atoms with Crippen LogP contribution in [-0.4, -0.2) is 17.1 Å². The summed E-state index contributed by atoms with van der Waals surface area (Å²) in [6, 6.07) is 6.77. The number of halogens is 1. The molecule has 0 aliphatic heterocycles. The van der Waals surface area contributed by atoms with Crippen molar-refractivity contribution in [3.63, 3.8) is 0 Å². The van der Waals surface area contributed by atoms with Gasteiger partial charge in [-0.2, -0.15) is 0 Å². The van der Waals surface area contributed by atoms with Crippen LogP contribution < -0.4 is 10.6 Å². The van der Waals surface area contributed by atoms with Gasteiger partial charge in [0.15, 0.2) is 0 Å². The molecule has 0 spiro atoms. The number of hydrogen-bond donors (Lipinski definition) is 3. The van der Waals surface area contributed by atoms with Gasteiger partial charge in [-0.1, -0.05) is 11.6 Å². The van der Waals surface area contributed by atoms with Gasteiger partial charge in [0.2, 0.25) is 0 Å². The molecule has 1 aromatic carbocycles. The molecule has 2 rings (SSSR count). The number of anilines is 1. The first-order chi connectivity index (χ1) is 9.97. The molecule has 3 N–H and O–H groups in total. The molecule has 1 aromatic heterocycles. The second-order valence-electron chi connectivity index (χ2n) is 4.34. The Morgan fingerprint density at radius 1 is 1.33 bits per heavy atom. The van der Waals surface area contributed by atoms with Crippen molar-refractivity contribution >= 4 is 29.3 Å². The number of furan rings is 1. The monoisotopic (exact) mass is 308 g/mol. The number of hydrogen-bond acceptors (Lipinski definition) is 3. The van der Waals surface area contributed by atoms with Crippen LogP contribution in [0.5, 0.6) is 0 Å². The van der Waals surface area contributed by atoms with E-state index >= 15 is 0 Å². The van der Waals surface area contributed by atoms with E-state index in [9.17, 15) is 9.59 Å². The van der Waals surface area contributed by atoms with E-state index in [1.807, 2.05) is 0 Å². The van der Waals surface area contributed by atoms with Crippen molar-refractivity contribution in [3.05, 3.63) is 52.9 Å². The zero-order valence-corrected chi connectivity index (χ0v) is 11.8. The average Bonchev–Trinajstić information content (AvgIpc) is 2.94. The van der Waals surface area contributed by atoms with Crippen molar-refractivity contribution in [2.45, 2.75) is 13.0 Å². The van der Waals surface area contributed by atoms with E-state index in [0.29, 0.717) is 11.4 Å². The molecule has 0 aliphatic rings. The van der Waals surface area contributed by atoms with Crippen LogP contribution >= 0.6 is 11.6 Å². The van der Waals surface area contributed by atoms with Crippen LogP contribution in [-0.2, 0) is 0 Å². The van der Waals surface area contributed by atoms with Gasteiger partial charge < -0.3 is 20.2 Å². The molecule has 0 aliphatic carbocycles. The number of carboxylic acids is 1. The fourth-order valence-corrected chi connectivity index (χ4v) is 1.94. The quantitative estimate of drug-likeness (QED) is 0.806. The van der Waals surface area contributed by atoms with Crippen molar-refractivity contribution in [2.75, 3.05) is 5.32 Å². The summed E-state index contributed by atoms with van der Waals surface area (Å²) in [5.41, 5.74) is 0.376. The van der Waals surface area contributed by atoms with E-state index in [1.54, 1.807) is 19.1 Å². The highest BCUT2D eigenvalue weighted by molar-refractivity contribution is 6.34. The molecular formula is C14H13ClN2O4. The molecule has 6 nitrogen and oxygen atoms in total. The largest absolute Gasteiger partial charge is 0.478 e.